The minimum atomic E-state index is -3.96. The number of fused-ring (bicyclic) bond motifs is 1. The molecule has 0 aromatic carbocycles. The van der Waals surface area contributed by atoms with Gasteiger partial charge in [-0.3, -0.25) is 4.57 Å². The van der Waals surface area contributed by atoms with Crippen molar-refractivity contribution in [2.75, 3.05) is 20.0 Å². The smallest absolute Gasteiger partial charge is 0.382 e. The van der Waals surface area contributed by atoms with Gasteiger partial charge in [-0.05, 0) is 6.42 Å². The maximum Gasteiger partial charge on any atom is 0.570 e. The fraction of sp³-hybridized carbons (Fsp3) is 0.615. The largest absolute Gasteiger partial charge is 0.570 e. The van der Waals surface area contributed by atoms with E-state index in [2.05, 4.69) is 19.5 Å². The van der Waals surface area contributed by atoms with Crippen LogP contribution >= 0.6 is 8.17 Å². The van der Waals surface area contributed by atoms with Gasteiger partial charge >= 0.3 is 8.17 Å². The summed E-state index contributed by atoms with van der Waals surface area (Å²) in [6, 6.07) is 0. The van der Waals surface area contributed by atoms with Gasteiger partial charge in [-0.15, -0.1) is 4.52 Å². The number of methoxy groups -OCH3 is 1. The zero-order chi connectivity index (χ0) is 18.2. The Morgan fingerprint density at radius 3 is 2.68 bits per heavy atom. The predicted molar refractivity (Wildman–Crippen MR) is 88.0 cm³/mol. The highest BCUT2D eigenvalue weighted by Gasteiger charge is 2.54. The standard InChI is InChI=1S/C13H21N5O6P/c1-4-7-9(24-25(19,20)22-3)10(21-2)13(23-7)18-6-17-8-11(14)15-5-16-12(8)18/h5-7,9-10,13,19-20H,4H2,1-3H3,(H2,14,15,16)/q+1/t7-,9?,10?,13-/m1/s1. The minimum absolute atomic E-state index is 0.255. The van der Waals surface area contributed by atoms with Crippen molar-refractivity contribution in [3.8, 4) is 0 Å². The van der Waals surface area contributed by atoms with E-state index in [9.17, 15) is 9.79 Å². The number of anilines is 1. The van der Waals surface area contributed by atoms with E-state index < -0.39 is 32.7 Å². The highest BCUT2D eigenvalue weighted by Crippen LogP contribution is 2.55. The number of hydrogen-bond acceptors (Lipinski definition) is 10. The quantitative estimate of drug-likeness (QED) is 0.608. The van der Waals surface area contributed by atoms with Crippen LogP contribution in [0, 0.1) is 0 Å². The van der Waals surface area contributed by atoms with E-state index in [0.29, 0.717) is 17.6 Å². The average Bonchev–Trinajstić information content (AvgIpc) is 3.16. The van der Waals surface area contributed by atoms with Crippen molar-refractivity contribution < 1.29 is 28.3 Å². The number of aromatic nitrogens is 4. The monoisotopic (exact) mass is 374 g/mol. The summed E-state index contributed by atoms with van der Waals surface area (Å²) in [6.07, 6.45) is 0.941. The summed E-state index contributed by atoms with van der Waals surface area (Å²) in [5.41, 5.74) is 6.74. The zero-order valence-electron chi connectivity index (χ0n) is 14.0. The first kappa shape index (κ1) is 18.3. The van der Waals surface area contributed by atoms with Crippen LogP contribution in [0.5, 0.6) is 0 Å². The number of hydrogen-bond donors (Lipinski definition) is 3. The van der Waals surface area contributed by atoms with Gasteiger partial charge in [0.2, 0.25) is 0 Å². The van der Waals surface area contributed by atoms with Crippen LogP contribution in [0.4, 0.5) is 5.82 Å². The van der Waals surface area contributed by atoms with Gasteiger partial charge in [-0.1, -0.05) is 6.92 Å². The van der Waals surface area contributed by atoms with Crippen LogP contribution in [0.2, 0.25) is 0 Å². The normalized spacial score (nSPS) is 27.2. The van der Waals surface area contributed by atoms with Gasteiger partial charge in [-0.25, -0.2) is 15.0 Å². The first-order chi connectivity index (χ1) is 11.9. The molecule has 4 atom stereocenters. The van der Waals surface area contributed by atoms with Crippen LogP contribution < -0.4 is 5.73 Å². The number of nitrogens with zero attached hydrogens (tertiary/aromatic N) is 4. The molecule has 1 saturated heterocycles. The molecule has 2 aromatic rings. The van der Waals surface area contributed by atoms with Crippen LogP contribution in [0.15, 0.2) is 12.7 Å². The lowest BCUT2D eigenvalue weighted by atomic mass is 10.1. The highest BCUT2D eigenvalue weighted by atomic mass is 31.2. The highest BCUT2D eigenvalue weighted by molar-refractivity contribution is 7.54. The Bertz CT molecular complexity index is 743. The molecule has 1 aliphatic rings. The number of rotatable bonds is 6. The Kier molecular flexibility index (Phi) is 5.16. The molecule has 4 N–H and O–H groups in total. The van der Waals surface area contributed by atoms with Crippen LogP contribution in [-0.2, 0) is 18.5 Å². The molecular formula is C13H21N5O6P+. The summed E-state index contributed by atoms with van der Waals surface area (Å²) < 4.78 is 23.2. The molecule has 0 saturated carbocycles. The van der Waals surface area contributed by atoms with E-state index in [1.54, 1.807) is 4.57 Å². The molecule has 1 aliphatic heterocycles. The third-order valence-corrected chi connectivity index (χ3v) is 5.11. The summed E-state index contributed by atoms with van der Waals surface area (Å²) in [5, 5.41) is 0. The molecule has 2 unspecified atom stereocenters. The van der Waals surface area contributed by atoms with Crippen LogP contribution in [0.1, 0.15) is 19.6 Å². The van der Waals surface area contributed by atoms with Crippen LogP contribution in [0.25, 0.3) is 11.2 Å². The van der Waals surface area contributed by atoms with E-state index in [-0.39, 0.29) is 5.82 Å². The molecule has 0 amide bonds. The molecule has 0 aliphatic carbocycles. The fourth-order valence-corrected chi connectivity index (χ4v) is 3.56. The van der Waals surface area contributed by atoms with E-state index >= 15 is 0 Å². The molecule has 0 bridgehead atoms. The molecule has 0 radical (unpaired) electrons. The molecule has 25 heavy (non-hydrogen) atoms. The lowest BCUT2D eigenvalue weighted by Crippen LogP contribution is -2.36. The molecular weight excluding hydrogens is 353 g/mol. The first-order valence-corrected chi connectivity index (χ1v) is 9.14. The number of imidazole rings is 1. The average molecular weight is 374 g/mol. The topological polar surface area (TPSA) is 147 Å². The summed E-state index contributed by atoms with van der Waals surface area (Å²) >= 11 is 0. The Morgan fingerprint density at radius 2 is 2.04 bits per heavy atom. The Labute approximate surface area is 144 Å². The maximum absolute atomic E-state index is 9.79. The van der Waals surface area contributed by atoms with Gasteiger partial charge in [0.05, 0.1) is 19.5 Å². The summed E-state index contributed by atoms with van der Waals surface area (Å²) in [6.45, 7) is 1.89. The second-order valence-electron chi connectivity index (χ2n) is 5.50. The Hall–Kier alpha value is -1.46. The van der Waals surface area contributed by atoms with Gasteiger partial charge in [0.25, 0.3) is 0 Å². The van der Waals surface area contributed by atoms with Gasteiger partial charge in [0.15, 0.2) is 23.8 Å². The van der Waals surface area contributed by atoms with E-state index in [1.807, 2.05) is 6.92 Å². The molecule has 3 rings (SSSR count). The van der Waals surface area contributed by atoms with E-state index in [4.69, 9.17) is 19.7 Å². The fourth-order valence-electron chi connectivity index (χ4n) is 2.90. The minimum Gasteiger partial charge on any atom is -0.382 e. The molecule has 12 heteroatoms. The molecule has 3 heterocycles. The lowest BCUT2D eigenvalue weighted by Gasteiger charge is -2.22. The molecule has 11 nitrogen and oxygen atoms in total. The zero-order valence-corrected chi connectivity index (χ0v) is 14.9. The Morgan fingerprint density at radius 1 is 1.28 bits per heavy atom. The summed E-state index contributed by atoms with van der Waals surface area (Å²) in [5.74, 6) is 0.255. The Balaban J connectivity index is 1.97. The molecule has 1 fully saturated rings. The van der Waals surface area contributed by atoms with Crippen molar-refractivity contribution >= 4 is 25.2 Å². The molecule has 2 aromatic heterocycles. The van der Waals surface area contributed by atoms with Crippen molar-refractivity contribution in [3.63, 3.8) is 0 Å². The SMILES string of the molecule is CC[C@H]1O[C@@H](n2cnc3c(N)ncnc32)C(OC)C1O[P+](O)(O)OC. The molecule has 138 valence electrons. The van der Waals surface area contributed by atoms with Gasteiger partial charge in [-0.2, -0.15) is 14.3 Å². The van der Waals surface area contributed by atoms with Crippen molar-refractivity contribution in [2.45, 2.75) is 37.9 Å². The molecule has 0 spiro atoms. The van der Waals surface area contributed by atoms with Gasteiger partial charge < -0.3 is 15.2 Å². The van der Waals surface area contributed by atoms with Gasteiger partial charge in [0, 0.05) is 7.11 Å². The van der Waals surface area contributed by atoms with Crippen molar-refractivity contribution in [3.05, 3.63) is 12.7 Å². The third kappa shape index (κ3) is 3.32. The third-order valence-electron chi connectivity index (χ3n) is 4.12. The van der Waals surface area contributed by atoms with E-state index in [0.717, 1.165) is 7.11 Å². The van der Waals surface area contributed by atoms with Crippen molar-refractivity contribution in [1.29, 1.82) is 0 Å². The van der Waals surface area contributed by atoms with Crippen LogP contribution in [-0.4, -0.2) is 61.8 Å². The van der Waals surface area contributed by atoms with Crippen molar-refractivity contribution in [2.24, 2.45) is 0 Å². The number of nitrogen functional groups attached to an aromatic ring is 1. The maximum atomic E-state index is 9.79. The number of ether oxygens (including phenoxy) is 2. The second kappa shape index (κ2) is 7.04. The van der Waals surface area contributed by atoms with Gasteiger partial charge in [0.1, 0.15) is 17.9 Å². The predicted octanol–water partition coefficient (Wildman–Crippen LogP) is 0.425. The second-order valence-corrected chi connectivity index (χ2v) is 7.06. The van der Waals surface area contributed by atoms with Crippen LogP contribution in [0.3, 0.4) is 0 Å². The summed E-state index contributed by atoms with van der Waals surface area (Å²) in [7, 11) is -1.32. The summed E-state index contributed by atoms with van der Waals surface area (Å²) in [4.78, 5) is 31.9. The van der Waals surface area contributed by atoms with E-state index in [1.165, 1.54) is 19.8 Å². The first-order valence-electron chi connectivity index (χ1n) is 7.61. The number of nitrogens with two attached hydrogens (primary N) is 1. The lowest BCUT2D eigenvalue weighted by molar-refractivity contribution is -0.0501. The van der Waals surface area contributed by atoms with Crippen molar-refractivity contribution in [1.82, 2.24) is 19.5 Å².